The molecule has 90 valence electrons. The smallest absolute Gasteiger partial charge is 0.0749 e. The van der Waals surface area contributed by atoms with Gasteiger partial charge in [0.1, 0.15) is 0 Å². The third kappa shape index (κ3) is 2.62. The van der Waals surface area contributed by atoms with Gasteiger partial charge in [0.25, 0.3) is 0 Å². The second-order valence-corrected chi connectivity index (χ2v) is 4.31. The van der Waals surface area contributed by atoms with Crippen molar-refractivity contribution >= 4 is 10.9 Å². The van der Waals surface area contributed by atoms with Crippen LogP contribution in [0.2, 0.25) is 0 Å². The van der Waals surface area contributed by atoms with Crippen molar-refractivity contribution in [3.63, 3.8) is 0 Å². The molecule has 2 N–H and O–H groups in total. The second-order valence-electron chi connectivity index (χ2n) is 4.31. The van der Waals surface area contributed by atoms with Gasteiger partial charge in [-0.2, -0.15) is 0 Å². The van der Waals surface area contributed by atoms with Crippen LogP contribution in [0.4, 0.5) is 0 Å². The van der Waals surface area contributed by atoms with Crippen molar-refractivity contribution < 1.29 is 4.74 Å². The van der Waals surface area contributed by atoms with Crippen molar-refractivity contribution in [1.29, 1.82) is 0 Å². The lowest BCUT2D eigenvalue weighted by molar-refractivity contribution is 0.105. The van der Waals surface area contributed by atoms with E-state index < -0.39 is 0 Å². The van der Waals surface area contributed by atoms with Gasteiger partial charge < -0.3 is 10.5 Å². The van der Waals surface area contributed by atoms with Gasteiger partial charge in [0.15, 0.2) is 0 Å². The largest absolute Gasteiger partial charge is 0.382 e. The third-order valence-corrected chi connectivity index (χ3v) is 3.05. The summed E-state index contributed by atoms with van der Waals surface area (Å²) in [6.07, 6.45) is 2.76. The number of pyridine rings is 1. The molecule has 0 aliphatic rings. The normalized spacial score (nSPS) is 14.8. The molecule has 0 bridgehead atoms. The molecule has 3 nitrogen and oxygen atoms in total. The predicted molar refractivity (Wildman–Crippen MR) is 69.8 cm³/mol. The first-order valence-corrected chi connectivity index (χ1v) is 5.84. The molecule has 17 heavy (non-hydrogen) atoms. The summed E-state index contributed by atoms with van der Waals surface area (Å²) in [6.45, 7) is 2.03. The molecule has 2 unspecified atom stereocenters. The molecule has 0 aliphatic carbocycles. The van der Waals surface area contributed by atoms with E-state index in [0.29, 0.717) is 0 Å². The van der Waals surface area contributed by atoms with E-state index in [1.165, 1.54) is 0 Å². The van der Waals surface area contributed by atoms with Gasteiger partial charge >= 0.3 is 0 Å². The van der Waals surface area contributed by atoms with Gasteiger partial charge in [-0.05, 0) is 25.0 Å². The van der Waals surface area contributed by atoms with Crippen molar-refractivity contribution in [3.05, 3.63) is 42.1 Å². The average Bonchev–Trinajstić information content (AvgIpc) is 2.37. The fourth-order valence-corrected chi connectivity index (χ4v) is 2.01. The monoisotopic (exact) mass is 230 g/mol. The average molecular weight is 230 g/mol. The lowest BCUT2D eigenvalue weighted by Crippen LogP contribution is -2.18. The van der Waals surface area contributed by atoms with Gasteiger partial charge in [0.2, 0.25) is 0 Å². The molecule has 0 amide bonds. The molecule has 1 heterocycles. The Labute approximate surface area is 102 Å². The summed E-state index contributed by atoms with van der Waals surface area (Å²) in [4.78, 5) is 4.41. The molecule has 2 atom stereocenters. The lowest BCUT2D eigenvalue weighted by Gasteiger charge is -2.17. The molecule has 1 aromatic carbocycles. The summed E-state index contributed by atoms with van der Waals surface area (Å²) in [5.74, 6) is 0. The van der Waals surface area contributed by atoms with Gasteiger partial charge in [-0.1, -0.05) is 24.3 Å². The van der Waals surface area contributed by atoms with E-state index in [2.05, 4.69) is 17.1 Å². The number of benzene rings is 1. The summed E-state index contributed by atoms with van der Waals surface area (Å²) in [6, 6.07) is 10.1. The second kappa shape index (κ2) is 5.25. The summed E-state index contributed by atoms with van der Waals surface area (Å²) >= 11 is 0. The van der Waals surface area contributed by atoms with Crippen molar-refractivity contribution in [2.24, 2.45) is 5.73 Å². The zero-order valence-electron chi connectivity index (χ0n) is 10.3. The molecule has 2 aromatic rings. The number of fused-ring (bicyclic) bond motifs is 1. The van der Waals surface area contributed by atoms with E-state index in [-0.39, 0.29) is 12.1 Å². The van der Waals surface area contributed by atoms with E-state index in [0.717, 1.165) is 22.9 Å². The minimum Gasteiger partial charge on any atom is -0.382 e. The number of hydrogen-bond donors (Lipinski definition) is 1. The number of para-hydroxylation sites is 1. The quantitative estimate of drug-likeness (QED) is 0.878. The molecular formula is C14H18N2O. The minimum atomic E-state index is -0.0384. The van der Waals surface area contributed by atoms with E-state index in [1.54, 1.807) is 13.3 Å². The molecule has 0 saturated heterocycles. The highest BCUT2D eigenvalue weighted by Gasteiger charge is 2.13. The molecule has 3 heteroatoms. The Morgan fingerprint density at radius 3 is 2.82 bits per heavy atom. The van der Waals surface area contributed by atoms with E-state index >= 15 is 0 Å². The Kier molecular flexibility index (Phi) is 3.71. The number of nitrogens with two attached hydrogens (primary N) is 1. The van der Waals surface area contributed by atoms with Crippen LogP contribution in [0.1, 0.15) is 24.9 Å². The number of aromatic nitrogens is 1. The minimum absolute atomic E-state index is 0.0384. The van der Waals surface area contributed by atoms with Crippen LogP contribution in [0.25, 0.3) is 10.9 Å². The predicted octanol–water partition coefficient (Wildman–Crippen LogP) is 2.66. The first-order chi connectivity index (χ1) is 8.22. The highest BCUT2D eigenvalue weighted by molar-refractivity contribution is 5.81. The Morgan fingerprint density at radius 1 is 1.29 bits per heavy atom. The van der Waals surface area contributed by atoms with Crippen LogP contribution in [-0.2, 0) is 4.74 Å². The topological polar surface area (TPSA) is 48.1 Å². The van der Waals surface area contributed by atoms with Crippen molar-refractivity contribution in [2.45, 2.75) is 25.5 Å². The first kappa shape index (κ1) is 12.0. The van der Waals surface area contributed by atoms with E-state index in [4.69, 9.17) is 10.5 Å². The zero-order chi connectivity index (χ0) is 12.3. The molecule has 0 aliphatic heterocycles. The SMILES string of the molecule is COC(C)CC(N)c1cccc2cccnc12. The highest BCUT2D eigenvalue weighted by atomic mass is 16.5. The van der Waals surface area contributed by atoms with Crippen LogP contribution < -0.4 is 5.73 Å². The first-order valence-electron chi connectivity index (χ1n) is 5.84. The van der Waals surface area contributed by atoms with Crippen molar-refractivity contribution in [3.8, 4) is 0 Å². The standard InChI is InChI=1S/C14H18N2O/c1-10(17-2)9-13(15)12-7-3-5-11-6-4-8-16-14(11)12/h3-8,10,13H,9,15H2,1-2H3. The summed E-state index contributed by atoms with van der Waals surface area (Å²) in [5.41, 5.74) is 8.30. The van der Waals surface area contributed by atoms with Crippen molar-refractivity contribution in [2.75, 3.05) is 7.11 Å². The van der Waals surface area contributed by atoms with Crippen molar-refractivity contribution in [1.82, 2.24) is 4.98 Å². The molecule has 0 radical (unpaired) electrons. The van der Waals surface area contributed by atoms with Crippen LogP contribution in [0, 0.1) is 0 Å². The van der Waals surface area contributed by atoms with Gasteiger partial charge in [-0.15, -0.1) is 0 Å². The number of nitrogens with zero attached hydrogens (tertiary/aromatic N) is 1. The maximum absolute atomic E-state index is 6.22. The van der Waals surface area contributed by atoms with Crippen LogP contribution in [0.5, 0.6) is 0 Å². The maximum atomic E-state index is 6.22. The number of hydrogen-bond acceptors (Lipinski definition) is 3. The molecule has 0 saturated carbocycles. The summed E-state index contributed by atoms with van der Waals surface area (Å²) in [5, 5.41) is 1.13. The highest BCUT2D eigenvalue weighted by Crippen LogP contribution is 2.24. The Balaban J connectivity index is 2.34. The van der Waals surface area contributed by atoms with Crippen LogP contribution in [-0.4, -0.2) is 18.2 Å². The third-order valence-electron chi connectivity index (χ3n) is 3.05. The summed E-state index contributed by atoms with van der Waals surface area (Å²) in [7, 11) is 1.71. The Bertz CT molecular complexity index is 493. The van der Waals surface area contributed by atoms with Gasteiger partial charge in [0.05, 0.1) is 11.6 Å². The zero-order valence-corrected chi connectivity index (χ0v) is 10.3. The van der Waals surface area contributed by atoms with Gasteiger partial charge in [-0.3, -0.25) is 4.98 Å². The van der Waals surface area contributed by atoms with E-state index in [1.807, 2.05) is 25.1 Å². The Hall–Kier alpha value is -1.45. The molecule has 2 rings (SSSR count). The van der Waals surface area contributed by atoms with Crippen LogP contribution in [0.3, 0.4) is 0 Å². The number of methoxy groups -OCH3 is 1. The van der Waals surface area contributed by atoms with Gasteiger partial charge in [-0.25, -0.2) is 0 Å². The maximum Gasteiger partial charge on any atom is 0.0749 e. The number of ether oxygens (including phenoxy) is 1. The Morgan fingerprint density at radius 2 is 2.06 bits per heavy atom. The van der Waals surface area contributed by atoms with Gasteiger partial charge in [0, 0.05) is 24.7 Å². The van der Waals surface area contributed by atoms with E-state index in [9.17, 15) is 0 Å². The molecular weight excluding hydrogens is 212 g/mol. The van der Waals surface area contributed by atoms with Crippen LogP contribution >= 0.6 is 0 Å². The fourth-order valence-electron chi connectivity index (χ4n) is 2.01. The molecule has 1 aromatic heterocycles. The summed E-state index contributed by atoms with van der Waals surface area (Å²) < 4.78 is 5.25. The molecule has 0 fully saturated rings. The fraction of sp³-hybridized carbons (Fsp3) is 0.357. The molecule has 0 spiro atoms. The lowest BCUT2D eigenvalue weighted by atomic mass is 9.99. The number of rotatable bonds is 4. The van der Waals surface area contributed by atoms with Crippen LogP contribution in [0.15, 0.2) is 36.5 Å².